The molecule has 2 fully saturated rings. The molecule has 2 aliphatic rings. The Labute approximate surface area is 232 Å². The summed E-state index contributed by atoms with van der Waals surface area (Å²) in [5.74, 6) is 0. The summed E-state index contributed by atoms with van der Waals surface area (Å²) < 4.78 is 0. The molecule has 0 saturated carbocycles. The molecule has 0 aromatic heterocycles. The largest absolute Gasteiger partial charge is 1.00 e. The Morgan fingerprint density at radius 1 is 0.529 bits per heavy atom. The van der Waals surface area contributed by atoms with Crippen LogP contribution < -0.4 is 37.7 Å². The maximum atomic E-state index is 5.15. The molecule has 0 aliphatic carbocycles. The predicted molar refractivity (Wildman–Crippen MR) is 135 cm³/mol. The first kappa shape index (κ1) is 29.7. The van der Waals surface area contributed by atoms with Crippen molar-refractivity contribution in [1.29, 1.82) is 0 Å². The second kappa shape index (κ2) is 17.0. The molecule has 0 spiro atoms. The SMILES string of the molecule is [Li+].[Li+].c1ccc([C@@H](CN2CCCCC2)[N-]CC[N-][C@H](CN2CCCCC2)c2ccccc2)cc1. The van der Waals surface area contributed by atoms with Gasteiger partial charge in [0.25, 0.3) is 0 Å². The van der Waals surface area contributed by atoms with E-state index in [1.807, 2.05) is 0 Å². The van der Waals surface area contributed by atoms with E-state index in [2.05, 4.69) is 70.5 Å². The topological polar surface area (TPSA) is 34.7 Å². The number of benzene rings is 2. The van der Waals surface area contributed by atoms with E-state index >= 15 is 0 Å². The standard InChI is InChI=1S/C28H40N4.2Li/c1-5-13-25(14-6-1)27(23-31-19-9-3-10-20-31)29-17-18-30-28(26-15-7-2-8-16-26)24-32-21-11-4-12-22-32;;/h1-2,5-8,13-16,27-28H,3-4,9-12,17-24H2;;/q-2;2*+1/t27-,28-;;/m1../s1. The van der Waals surface area contributed by atoms with Crippen molar-refractivity contribution in [2.75, 3.05) is 52.4 Å². The van der Waals surface area contributed by atoms with Crippen LogP contribution in [0.4, 0.5) is 0 Å². The summed E-state index contributed by atoms with van der Waals surface area (Å²) >= 11 is 0. The molecule has 0 N–H and O–H groups in total. The molecule has 2 aliphatic heterocycles. The van der Waals surface area contributed by atoms with Crippen LogP contribution in [0.5, 0.6) is 0 Å². The average Bonchev–Trinajstić information content (AvgIpc) is 2.87. The van der Waals surface area contributed by atoms with Crippen molar-refractivity contribution in [1.82, 2.24) is 9.80 Å². The third-order valence-corrected chi connectivity index (χ3v) is 6.93. The van der Waals surface area contributed by atoms with E-state index in [1.165, 1.54) is 75.8 Å². The Balaban J connectivity index is 0.00000204. The fraction of sp³-hybridized carbons (Fsp3) is 0.571. The molecule has 0 radical (unpaired) electrons. The summed E-state index contributed by atoms with van der Waals surface area (Å²) in [7, 11) is 0. The Morgan fingerprint density at radius 2 is 0.882 bits per heavy atom. The van der Waals surface area contributed by atoms with Gasteiger partial charge in [0.1, 0.15) is 0 Å². The smallest absolute Gasteiger partial charge is 0.656 e. The monoisotopic (exact) mass is 446 g/mol. The van der Waals surface area contributed by atoms with E-state index in [9.17, 15) is 0 Å². The fourth-order valence-electron chi connectivity index (χ4n) is 5.09. The molecule has 0 bridgehead atoms. The van der Waals surface area contributed by atoms with E-state index in [1.54, 1.807) is 0 Å². The van der Waals surface area contributed by atoms with Gasteiger partial charge >= 0.3 is 37.7 Å². The van der Waals surface area contributed by atoms with Crippen molar-refractivity contribution in [3.05, 3.63) is 82.4 Å². The second-order valence-electron chi connectivity index (χ2n) is 9.39. The summed E-state index contributed by atoms with van der Waals surface area (Å²) in [6, 6.07) is 22.2. The molecule has 2 aromatic carbocycles. The van der Waals surface area contributed by atoms with Gasteiger partial charge in [-0.15, -0.1) is 0 Å². The molecular formula is C28H40Li2N4. The van der Waals surface area contributed by atoms with Gasteiger partial charge in [-0.25, -0.2) is 0 Å². The zero-order valence-electron chi connectivity index (χ0n) is 21.6. The molecule has 4 nitrogen and oxygen atoms in total. The first-order chi connectivity index (χ1) is 15.9. The molecule has 6 heteroatoms. The minimum Gasteiger partial charge on any atom is -0.656 e. The first-order valence-corrected chi connectivity index (χ1v) is 12.8. The van der Waals surface area contributed by atoms with E-state index < -0.39 is 0 Å². The summed E-state index contributed by atoms with van der Waals surface area (Å²) in [5, 5.41) is 10.3. The van der Waals surface area contributed by atoms with Crippen molar-refractivity contribution < 1.29 is 37.7 Å². The van der Waals surface area contributed by atoms with Crippen LogP contribution in [0.3, 0.4) is 0 Å². The zero-order chi connectivity index (χ0) is 21.8. The molecule has 2 atom stereocenters. The van der Waals surface area contributed by atoms with Crippen molar-refractivity contribution in [3.8, 4) is 0 Å². The van der Waals surface area contributed by atoms with Gasteiger partial charge in [-0.3, -0.25) is 0 Å². The maximum absolute atomic E-state index is 5.15. The van der Waals surface area contributed by atoms with E-state index in [4.69, 9.17) is 10.6 Å². The third kappa shape index (κ3) is 9.85. The second-order valence-corrected chi connectivity index (χ2v) is 9.39. The van der Waals surface area contributed by atoms with Gasteiger partial charge in [0, 0.05) is 0 Å². The Bertz CT molecular complexity index is 684. The van der Waals surface area contributed by atoms with Crippen LogP contribution >= 0.6 is 0 Å². The molecule has 2 saturated heterocycles. The molecule has 2 heterocycles. The van der Waals surface area contributed by atoms with Crippen molar-refractivity contribution in [2.45, 2.75) is 50.6 Å². The minimum atomic E-state index is 0. The first-order valence-electron chi connectivity index (χ1n) is 12.8. The number of nitrogens with zero attached hydrogens (tertiary/aromatic N) is 4. The Kier molecular flexibility index (Phi) is 14.9. The normalized spacial score (nSPS) is 18.9. The molecule has 0 unspecified atom stereocenters. The van der Waals surface area contributed by atoms with Crippen LogP contribution in [0.25, 0.3) is 10.6 Å². The van der Waals surface area contributed by atoms with E-state index in [-0.39, 0.29) is 49.8 Å². The minimum absolute atomic E-state index is 0. The molecule has 0 amide bonds. The van der Waals surface area contributed by atoms with Crippen molar-refractivity contribution in [3.63, 3.8) is 0 Å². The van der Waals surface area contributed by atoms with Crippen molar-refractivity contribution >= 4 is 0 Å². The van der Waals surface area contributed by atoms with Crippen LogP contribution in [-0.2, 0) is 0 Å². The van der Waals surface area contributed by atoms with E-state index in [0.29, 0.717) is 0 Å². The van der Waals surface area contributed by atoms with Gasteiger partial charge in [-0.05, 0) is 65.0 Å². The predicted octanol–water partition coefficient (Wildman–Crippen LogP) is 0.196. The number of hydrogen-bond donors (Lipinski definition) is 0. The van der Waals surface area contributed by atoms with Gasteiger partial charge < -0.3 is 20.4 Å². The number of piperidine rings is 2. The summed E-state index contributed by atoms with van der Waals surface area (Å²) in [4.78, 5) is 5.20. The molecule has 2 aromatic rings. The summed E-state index contributed by atoms with van der Waals surface area (Å²) in [5.41, 5.74) is 2.68. The third-order valence-electron chi connectivity index (χ3n) is 6.93. The quantitative estimate of drug-likeness (QED) is 0.365. The van der Waals surface area contributed by atoms with Gasteiger partial charge in [0.2, 0.25) is 0 Å². The molecule has 174 valence electrons. The average molecular weight is 447 g/mol. The van der Waals surface area contributed by atoms with Crippen LogP contribution in [-0.4, -0.2) is 62.2 Å². The maximum Gasteiger partial charge on any atom is 1.00 e. The summed E-state index contributed by atoms with van der Waals surface area (Å²) in [6.07, 6.45) is 8.05. The summed E-state index contributed by atoms with van der Waals surface area (Å²) in [6.45, 7) is 8.56. The van der Waals surface area contributed by atoms with Gasteiger partial charge in [-0.2, -0.15) is 13.1 Å². The molecular weight excluding hydrogens is 406 g/mol. The fourth-order valence-corrected chi connectivity index (χ4v) is 5.09. The molecule has 34 heavy (non-hydrogen) atoms. The van der Waals surface area contributed by atoms with E-state index in [0.717, 1.165) is 26.2 Å². The Hall–Kier alpha value is -0.525. The number of likely N-dealkylation sites (tertiary alicyclic amines) is 2. The van der Waals surface area contributed by atoms with Gasteiger partial charge in [0.05, 0.1) is 0 Å². The van der Waals surface area contributed by atoms with Crippen molar-refractivity contribution in [2.24, 2.45) is 0 Å². The van der Waals surface area contributed by atoms with Crippen LogP contribution in [0.15, 0.2) is 60.7 Å². The number of hydrogen-bond acceptors (Lipinski definition) is 2. The Morgan fingerprint density at radius 3 is 1.24 bits per heavy atom. The van der Waals surface area contributed by atoms with Crippen LogP contribution in [0.2, 0.25) is 0 Å². The van der Waals surface area contributed by atoms with Gasteiger partial charge in [-0.1, -0.05) is 96.7 Å². The molecule has 4 rings (SSSR count). The van der Waals surface area contributed by atoms with Crippen LogP contribution in [0, 0.1) is 0 Å². The van der Waals surface area contributed by atoms with Crippen LogP contribution in [0.1, 0.15) is 61.7 Å². The number of rotatable bonds is 11. The van der Waals surface area contributed by atoms with Gasteiger partial charge in [0.15, 0.2) is 0 Å². The zero-order valence-corrected chi connectivity index (χ0v) is 21.6.